The number of benzene rings is 1. The molecule has 0 atom stereocenters. The molecule has 7 nitrogen and oxygen atoms in total. The first-order valence-corrected chi connectivity index (χ1v) is 10.8. The molecule has 0 aliphatic carbocycles. The summed E-state index contributed by atoms with van der Waals surface area (Å²) < 4.78 is 43.6. The molecule has 0 N–H and O–H groups in total. The van der Waals surface area contributed by atoms with Gasteiger partial charge in [0, 0.05) is 19.2 Å². The maximum Gasteiger partial charge on any atom is 0.339 e. The molecule has 2 heterocycles. The molecule has 0 saturated carbocycles. The predicted octanol–water partition coefficient (Wildman–Crippen LogP) is 2.89. The quantitative estimate of drug-likeness (QED) is 0.732. The summed E-state index contributed by atoms with van der Waals surface area (Å²) in [7, 11) is -3.57. The number of hydrogen-bond donors (Lipinski definition) is 0. The highest BCUT2D eigenvalue weighted by atomic mass is 32.2. The molecule has 1 fully saturated rings. The average molecular weight is 407 g/mol. The van der Waals surface area contributed by atoms with Gasteiger partial charge in [0.25, 0.3) is 0 Å². The fourth-order valence-electron chi connectivity index (χ4n) is 3.28. The monoisotopic (exact) mass is 407 g/mol. The summed E-state index contributed by atoms with van der Waals surface area (Å²) in [6.07, 6.45) is 0.956. The second kappa shape index (κ2) is 8.36. The SMILES string of the molecule is CCOc1ccc(S(=O)(=O)N2CCC(Oc3cc(C)oc(=O)c3)CC2)cc1C. The summed E-state index contributed by atoms with van der Waals surface area (Å²) in [6.45, 7) is 6.66. The Morgan fingerprint density at radius 1 is 1.14 bits per heavy atom. The number of hydrogen-bond acceptors (Lipinski definition) is 6. The van der Waals surface area contributed by atoms with Crippen molar-refractivity contribution in [2.75, 3.05) is 19.7 Å². The summed E-state index contributed by atoms with van der Waals surface area (Å²) in [5.41, 5.74) is 0.334. The first-order valence-electron chi connectivity index (χ1n) is 9.31. The molecule has 152 valence electrons. The van der Waals surface area contributed by atoms with Crippen molar-refractivity contribution in [1.82, 2.24) is 4.31 Å². The van der Waals surface area contributed by atoms with Gasteiger partial charge in [0.2, 0.25) is 10.0 Å². The third-order valence-corrected chi connectivity index (χ3v) is 6.55. The number of piperidine rings is 1. The molecule has 0 spiro atoms. The van der Waals surface area contributed by atoms with Crippen LogP contribution in [0.3, 0.4) is 0 Å². The number of ether oxygens (including phenoxy) is 2. The van der Waals surface area contributed by atoms with E-state index in [1.807, 2.05) is 13.8 Å². The van der Waals surface area contributed by atoms with Gasteiger partial charge < -0.3 is 13.9 Å². The Morgan fingerprint density at radius 3 is 2.46 bits per heavy atom. The molecular weight excluding hydrogens is 382 g/mol. The van der Waals surface area contributed by atoms with E-state index in [1.54, 1.807) is 31.2 Å². The molecular formula is C20H25NO6S. The minimum absolute atomic E-state index is 0.144. The van der Waals surface area contributed by atoms with Gasteiger partial charge in [0.05, 0.1) is 17.6 Å². The van der Waals surface area contributed by atoms with Gasteiger partial charge in [-0.05, 0) is 57.4 Å². The lowest BCUT2D eigenvalue weighted by Gasteiger charge is -2.31. The maximum absolute atomic E-state index is 13.0. The van der Waals surface area contributed by atoms with Crippen LogP contribution in [0.2, 0.25) is 0 Å². The number of nitrogens with zero attached hydrogens (tertiary/aromatic N) is 1. The molecule has 1 aromatic carbocycles. The molecule has 1 saturated heterocycles. The zero-order valence-corrected chi connectivity index (χ0v) is 17.1. The molecule has 0 unspecified atom stereocenters. The Morgan fingerprint density at radius 2 is 1.86 bits per heavy atom. The van der Waals surface area contributed by atoms with E-state index in [9.17, 15) is 13.2 Å². The zero-order chi connectivity index (χ0) is 20.3. The Balaban J connectivity index is 1.66. The van der Waals surface area contributed by atoms with Gasteiger partial charge in [-0.1, -0.05) is 0 Å². The van der Waals surface area contributed by atoms with Gasteiger partial charge in [-0.2, -0.15) is 4.31 Å². The summed E-state index contributed by atoms with van der Waals surface area (Å²) >= 11 is 0. The molecule has 8 heteroatoms. The fourth-order valence-corrected chi connectivity index (χ4v) is 4.83. The highest BCUT2D eigenvalue weighted by molar-refractivity contribution is 7.89. The first kappa shape index (κ1) is 20.4. The van der Waals surface area contributed by atoms with Crippen LogP contribution < -0.4 is 15.1 Å². The topological polar surface area (TPSA) is 86.1 Å². The lowest BCUT2D eigenvalue weighted by atomic mass is 10.1. The minimum atomic E-state index is -3.57. The van der Waals surface area contributed by atoms with Crippen molar-refractivity contribution in [2.24, 2.45) is 0 Å². The van der Waals surface area contributed by atoms with Crippen LogP contribution in [-0.4, -0.2) is 38.5 Å². The van der Waals surface area contributed by atoms with E-state index in [0.29, 0.717) is 49.8 Å². The third-order valence-electron chi connectivity index (χ3n) is 4.65. The normalized spacial score (nSPS) is 16.1. The molecule has 1 aliphatic heterocycles. The highest BCUT2D eigenvalue weighted by Crippen LogP contribution is 2.27. The maximum atomic E-state index is 13.0. The number of sulfonamides is 1. The smallest absolute Gasteiger partial charge is 0.339 e. The van der Waals surface area contributed by atoms with E-state index in [-0.39, 0.29) is 11.0 Å². The first-order chi connectivity index (χ1) is 13.3. The highest BCUT2D eigenvalue weighted by Gasteiger charge is 2.30. The van der Waals surface area contributed by atoms with E-state index < -0.39 is 15.6 Å². The van der Waals surface area contributed by atoms with Crippen LogP contribution in [0.4, 0.5) is 0 Å². The van der Waals surface area contributed by atoms with Crippen molar-refractivity contribution >= 4 is 10.0 Å². The van der Waals surface area contributed by atoms with Crippen molar-refractivity contribution in [3.63, 3.8) is 0 Å². The van der Waals surface area contributed by atoms with Crippen LogP contribution >= 0.6 is 0 Å². The summed E-state index contributed by atoms with van der Waals surface area (Å²) in [4.78, 5) is 11.7. The van der Waals surface area contributed by atoms with Crippen LogP contribution in [0.1, 0.15) is 31.1 Å². The van der Waals surface area contributed by atoms with Crippen molar-refractivity contribution in [2.45, 2.75) is 44.6 Å². The average Bonchev–Trinajstić information content (AvgIpc) is 2.63. The van der Waals surface area contributed by atoms with Crippen molar-refractivity contribution in [3.05, 3.63) is 52.1 Å². The van der Waals surface area contributed by atoms with E-state index >= 15 is 0 Å². The second-order valence-corrected chi connectivity index (χ2v) is 8.74. The van der Waals surface area contributed by atoms with Crippen LogP contribution in [0, 0.1) is 13.8 Å². The Hall–Kier alpha value is -2.32. The minimum Gasteiger partial charge on any atom is -0.494 e. The second-order valence-electron chi connectivity index (χ2n) is 6.80. The fraction of sp³-hybridized carbons (Fsp3) is 0.450. The Labute approximate surface area is 164 Å². The lowest BCUT2D eigenvalue weighted by molar-refractivity contribution is 0.134. The van der Waals surface area contributed by atoms with Gasteiger partial charge in [-0.15, -0.1) is 0 Å². The molecule has 0 amide bonds. The predicted molar refractivity (Wildman–Crippen MR) is 104 cm³/mol. The summed E-state index contributed by atoms with van der Waals surface area (Å²) in [5, 5.41) is 0. The zero-order valence-electron chi connectivity index (χ0n) is 16.3. The molecule has 0 bridgehead atoms. The third kappa shape index (κ3) is 4.56. The van der Waals surface area contributed by atoms with E-state index in [2.05, 4.69) is 0 Å². The molecule has 2 aromatic rings. The largest absolute Gasteiger partial charge is 0.494 e. The van der Waals surface area contributed by atoms with Gasteiger partial charge in [0.15, 0.2) is 0 Å². The standard InChI is InChI=1S/C20H25NO6S/c1-4-25-19-6-5-18(11-14(19)2)28(23,24)21-9-7-16(8-10-21)27-17-12-15(3)26-20(22)13-17/h5-6,11-13,16H,4,7-10H2,1-3H3. The molecule has 28 heavy (non-hydrogen) atoms. The summed E-state index contributed by atoms with van der Waals surface area (Å²) in [5.74, 6) is 1.63. The molecule has 1 aliphatic rings. The Kier molecular flexibility index (Phi) is 6.10. The van der Waals surface area contributed by atoms with Crippen LogP contribution in [-0.2, 0) is 10.0 Å². The van der Waals surface area contributed by atoms with Gasteiger partial charge in [0.1, 0.15) is 23.4 Å². The molecule has 0 radical (unpaired) electrons. The van der Waals surface area contributed by atoms with E-state index in [1.165, 1.54) is 10.4 Å². The Bertz CT molecular complexity index is 990. The van der Waals surface area contributed by atoms with Crippen LogP contribution in [0.25, 0.3) is 0 Å². The van der Waals surface area contributed by atoms with Gasteiger partial charge in [-0.3, -0.25) is 0 Å². The van der Waals surface area contributed by atoms with Crippen LogP contribution in [0.15, 0.2) is 44.4 Å². The van der Waals surface area contributed by atoms with Crippen LogP contribution in [0.5, 0.6) is 11.5 Å². The number of aryl methyl sites for hydroxylation is 2. The lowest BCUT2D eigenvalue weighted by Crippen LogP contribution is -2.41. The van der Waals surface area contributed by atoms with Crippen molar-refractivity contribution in [1.29, 1.82) is 0 Å². The summed E-state index contributed by atoms with van der Waals surface area (Å²) in [6, 6.07) is 7.90. The number of rotatable bonds is 6. The van der Waals surface area contributed by atoms with Gasteiger partial charge in [-0.25, -0.2) is 13.2 Å². The van der Waals surface area contributed by atoms with Crippen molar-refractivity contribution < 1.29 is 22.3 Å². The molecule has 3 rings (SSSR count). The molecule has 1 aromatic heterocycles. The van der Waals surface area contributed by atoms with Crippen molar-refractivity contribution in [3.8, 4) is 11.5 Å². The van der Waals surface area contributed by atoms with Gasteiger partial charge >= 0.3 is 5.63 Å². The van der Waals surface area contributed by atoms with E-state index in [0.717, 1.165) is 5.56 Å². The van der Waals surface area contributed by atoms with E-state index in [4.69, 9.17) is 13.9 Å².